The Hall–Kier alpha value is -4.73. The lowest BCUT2D eigenvalue weighted by atomic mass is 10.0. The number of benzene rings is 2. The van der Waals surface area contributed by atoms with Gasteiger partial charge in [0.05, 0.1) is 47.3 Å². The van der Waals surface area contributed by atoms with Crippen LogP contribution in [0.5, 0.6) is 17.4 Å². The van der Waals surface area contributed by atoms with Gasteiger partial charge in [0, 0.05) is 67.7 Å². The van der Waals surface area contributed by atoms with Crippen molar-refractivity contribution in [1.82, 2.24) is 14.9 Å². The van der Waals surface area contributed by atoms with E-state index in [2.05, 4.69) is 31.6 Å². The molecule has 0 bridgehead atoms. The van der Waals surface area contributed by atoms with E-state index in [-0.39, 0.29) is 18.6 Å². The van der Waals surface area contributed by atoms with E-state index >= 15 is 0 Å². The van der Waals surface area contributed by atoms with Gasteiger partial charge in [-0.25, -0.2) is 4.98 Å². The molecule has 3 N–H and O–H groups in total. The van der Waals surface area contributed by atoms with Crippen molar-refractivity contribution < 1.29 is 24.1 Å². The lowest BCUT2D eigenvalue weighted by Gasteiger charge is -2.27. The number of aliphatic hydroxyl groups is 1. The molecule has 236 valence electrons. The van der Waals surface area contributed by atoms with Crippen LogP contribution in [-0.4, -0.2) is 71.4 Å². The summed E-state index contributed by atoms with van der Waals surface area (Å²) in [5, 5.41) is 26.5. The zero-order valence-corrected chi connectivity index (χ0v) is 25.8. The van der Waals surface area contributed by atoms with Crippen molar-refractivity contribution in [1.29, 1.82) is 5.26 Å². The minimum Gasteiger partial charge on any atom is -0.486 e. The van der Waals surface area contributed by atoms with Crippen LogP contribution in [0.25, 0.3) is 10.9 Å². The number of nitriles is 1. The molecular formula is C34H33ClN6O5. The molecule has 0 aliphatic carbocycles. The Balaban J connectivity index is 1.30. The van der Waals surface area contributed by atoms with E-state index in [0.29, 0.717) is 75.7 Å². The van der Waals surface area contributed by atoms with E-state index < -0.39 is 0 Å². The molecule has 0 saturated carbocycles. The molecule has 0 spiro atoms. The summed E-state index contributed by atoms with van der Waals surface area (Å²) in [6.45, 7) is 3.40. The zero-order valence-electron chi connectivity index (χ0n) is 25.0. The predicted octanol–water partition coefficient (Wildman–Crippen LogP) is 5.81. The molecule has 1 amide bonds. The number of piperidine rings is 1. The minimum absolute atomic E-state index is 0.119. The zero-order chi connectivity index (χ0) is 31.9. The lowest BCUT2D eigenvalue weighted by Crippen LogP contribution is -2.33. The third-order valence-corrected chi connectivity index (χ3v) is 8.13. The average molecular weight is 641 g/mol. The van der Waals surface area contributed by atoms with Crippen molar-refractivity contribution >= 4 is 45.5 Å². The number of likely N-dealkylation sites (tertiary alicyclic amines) is 1. The van der Waals surface area contributed by atoms with Gasteiger partial charge >= 0.3 is 0 Å². The molecule has 12 heteroatoms. The van der Waals surface area contributed by atoms with Crippen LogP contribution in [-0.2, 0) is 9.53 Å². The number of hydrogen-bond acceptors (Lipinski definition) is 10. The number of pyridine rings is 2. The number of nitrogens with zero attached hydrogens (tertiary/aromatic N) is 4. The third-order valence-electron chi connectivity index (χ3n) is 7.83. The van der Waals surface area contributed by atoms with E-state index in [0.717, 1.165) is 37.9 Å². The Bertz CT molecular complexity index is 1780. The second-order valence-corrected chi connectivity index (χ2v) is 11.4. The first kappa shape index (κ1) is 31.3. The van der Waals surface area contributed by atoms with Crippen molar-refractivity contribution in [3.8, 4) is 23.4 Å². The number of aliphatic hydroxyl groups excluding tert-OH is 1. The van der Waals surface area contributed by atoms with Crippen molar-refractivity contribution in [3.63, 3.8) is 0 Å². The van der Waals surface area contributed by atoms with Crippen LogP contribution < -0.4 is 20.1 Å². The Kier molecular flexibility index (Phi) is 9.91. The molecule has 11 nitrogen and oxygen atoms in total. The minimum atomic E-state index is -0.272. The highest BCUT2D eigenvalue weighted by Crippen LogP contribution is 2.38. The summed E-state index contributed by atoms with van der Waals surface area (Å²) in [7, 11) is 0. The van der Waals surface area contributed by atoms with Crippen molar-refractivity contribution in [2.75, 3.05) is 50.1 Å². The van der Waals surface area contributed by atoms with E-state index in [1.54, 1.807) is 54.7 Å². The number of hydrogen-bond donors (Lipinski definition) is 3. The van der Waals surface area contributed by atoms with Crippen molar-refractivity contribution in [2.45, 2.75) is 25.4 Å². The molecule has 6 rings (SSSR count). The first-order valence-electron chi connectivity index (χ1n) is 15.1. The number of nitrogens with one attached hydrogen (secondary N) is 2. The lowest BCUT2D eigenvalue weighted by molar-refractivity contribution is -0.112. The molecule has 0 radical (unpaired) electrons. The van der Waals surface area contributed by atoms with Crippen LogP contribution in [0.4, 0.5) is 17.1 Å². The van der Waals surface area contributed by atoms with Gasteiger partial charge < -0.3 is 34.9 Å². The summed E-state index contributed by atoms with van der Waals surface area (Å²) in [6, 6.07) is 16.3. The highest BCUT2D eigenvalue weighted by Gasteiger charge is 2.22. The van der Waals surface area contributed by atoms with Gasteiger partial charge in [-0.3, -0.25) is 9.78 Å². The summed E-state index contributed by atoms with van der Waals surface area (Å²) in [5.74, 6) is 1.04. The first-order chi connectivity index (χ1) is 22.5. The van der Waals surface area contributed by atoms with E-state index in [9.17, 15) is 15.2 Å². The standard InChI is InChI=1S/C34H33ClN6O5/c35-27-16-24(4-5-30(27)46-33-3-1-2-9-37-33)39-34-23(19-36)20-38-28-18-31(45-25-8-14-44-21-25)29(17-26(28)34)40-32(43)15-22-6-10-41(11-7-22)12-13-42/h1-5,9,15-18,20,25,42H,6-8,10-14,21H2,(H,38,39)(H,40,43). The Morgan fingerprint density at radius 3 is 2.76 bits per heavy atom. The van der Waals surface area contributed by atoms with Crippen LogP contribution in [0.2, 0.25) is 5.02 Å². The number of rotatable bonds is 10. The maximum absolute atomic E-state index is 13.3. The highest BCUT2D eigenvalue weighted by molar-refractivity contribution is 6.32. The smallest absolute Gasteiger partial charge is 0.248 e. The van der Waals surface area contributed by atoms with Crippen molar-refractivity contribution in [3.05, 3.63) is 83.2 Å². The number of carbonyl (C=O) groups excluding carboxylic acids is 1. The third kappa shape index (κ3) is 7.55. The van der Waals surface area contributed by atoms with E-state index in [1.165, 1.54) is 6.20 Å². The number of halogens is 1. The second kappa shape index (κ2) is 14.6. The number of fused-ring (bicyclic) bond motifs is 1. The molecule has 1 unspecified atom stereocenters. The second-order valence-electron chi connectivity index (χ2n) is 11.0. The SMILES string of the molecule is N#Cc1cnc2cc(OC3CCOC3)c(NC(=O)C=C3CCN(CCO)CC3)cc2c1Nc1ccc(Oc2ccccn2)c(Cl)c1. The molecule has 4 aromatic rings. The predicted molar refractivity (Wildman–Crippen MR) is 175 cm³/mol. The maximum atomic E-state index is 13.3. The largest absolute Gasteiger partial charge is 0.486 e. The van der Waals surface area contributed by atoms with E-state index in [4.69, 9.17) is 25.8 Å². The number of anilines is 3. The summed E-state index contributed by atoms with van der Waals surface area (Å²) in [6.07, 6.45) is 6.85. The van der Waals surface area contributed by atoms with Gasteiger partial charge in [0.2, 0.25) is 11.8 Å². The fraction of sp³-hybridized carbons (Fsp3) is 0.294. The molecular weight excluding hydrogens is 608 g/mol. The number of carbonyl (C=O) groups is 1. The normalized spacial score (nSPS) is 16.5. The summed E-state index contributed by atoms with van der Waals surface area (Å²) in [5.41, 5.74) is 3.50. The Morgan fingerprint density at radius 2 is 2.04 bits per heavy atom. The summed E-state index contributed by atoms with van der Waals surface area (Å²) < 4.78 is 17.6. The average Bonchev–Trinajstić information content (AvgIpc) is 3.58. The summed E-state index contributed by atoms with van der Waals surface area (Å²) >= 11 is 6.56. The Labute approximate surface area is 271 Å². The molecule has 2 fully saturated rings. The van der Waals surface area contributed by atoms with Crippen LogP contribution in [0.3, 0.4) is 0 Å². The fourth-order valence-electron chi connectivity index (χ4n) is 5.45. The quantitative estimate of drug-likeness (QED) is 0.182. The molecule has 2 aromatic heterocycles. The fourth-order valence-corrected chi connectivity index (χ4v) is 5.67. The number of ether oxygens (including phenoxy) is 3. The van der Waals surface area contributed by atoms with Gasteiger partial charge in [-0.15, -0.1) is 0 Å². The van der Waals surface area contributed by atoms with Gasteiger partial charge in [-0.05, 0) is 43.2 Å². The van der Waals surface area contributed by atoms with Crippen LogP contribution in [0.15, 0.2) is 72.6 Å². The number of β-amino-alcohol motifs (C(OH)–C–C–N with tert-alkyl or cyclic N) is 1. The molecule has 2 aromatic carbocycles. The van der Waals surface area contributed by atoms with Gasteiger partial charge in [0.15, 0.2) is 0 Å². The van der Waals surface area contributed by atoms with Crippen molar-refractivity contribution in [2.24, 2.45) is 0 Å². The van der Waals surface area contributed by atoms with Crippen LogP contribution in [0, 0.1) is 11.3 Å². The topological polar surface area (TPSA) is 142 Å². The summed E-state index contributed by atoms with van der Waals surface area (Å²) in [4.78, 5) is 24.2. The Morgan fingerprint density at radius 1 is 1.17 bits per heavy atom. The molecule has 1 atom stereocenters. The maximum Gasteiger partial charge on any atom is 0.248 e. The van der Waals surface area contributed by atoms with Gasteiger partial charge in [-0.1, -0.05) is 23.2 Å². The molecule has 46 heavy (non-hydrogen) atoms. The molecule has 2 aliphatic rings. The van der Waals surface area contributed by atoms with Gasteiger partial charge in [0.25, 0.3) is 0 Å². The van der Waals surface area contributed by atoms with E-state index in [1.807, 2.05) is 6.07 Å². The molecule has 2 aliphatic heterocycles. The monoisotopic (exact) mass is 640 g/mol. The molecule has 2 saturated heterocycles. The van der Waals surface area contributed by atoms with Gasteiger partial charge in [-0.2, -0.15) is 5.26 Å². The van der Waals surface area contributed by atoms with Crippen LogP contribution >= 0.6 is 11.6 Å². The number of aromatic nitrogens is 2. The number of amides is 1. The van der Waals surface area contributed by atoms with Gasteiger partial charge in [0.1, 0.15) is 23.7 Å². The first-order valence-corrected chi connectivity index (χ1v) is 15.5. The highest BCUT2D eigenvalue weighted by atomic mass is 35.5. The van der Waals surface area contributed by atoms with Crippen LogP contribution in [0.1, 0.15) is 24.8 Å². The molecule has 4 heterocycles.